The van der Waals surface area contributed by atoms with E-state index in [1.165, 1.54) is 11.3 Å². The van der Waals surface area contributed by atoms with E-state index in [2.05, 4.69) is 4.90 Å². The van der Waals surface area contributed by atoms with Gasteiger partial charge in [0.15, 0.2) is 5.78 Å². The number of ketones is 1. The normalized spacial score (nSPS) is 17.4. The molecule has 3 aromatic rings. The molecule has 6 heteroatoms. The first-order chi connectivity index (χ1) is 14.1. The Morgan fingerprint density at radius 1 is 1.31 bits per heavy atom. The number of aromatic nitrogens is 1. The highest BCUT2D eigenvalue weighted by Crippen LogP contribution is 2.27. The van der Waals surface area contributed by atoms with Crippen molar-refractivity contribution in [1.29, 1.82) is 0 Å². The average molecular weight is 411 g/mol. The third kappa shape index (κ3) is 4.60. The zero-order valence-electron chi connectivity index (χ0n) is 16.9. The summed E-state index contributed by atoms with van der Waals surface area (Å²) in [4.78, 5) is 20.7. The summed E-state index contributed by atoms with van der Waals surface area (Å²) in [5, 5.41) is 1.97. The second kappa shape index (κ2) is 8.93. The van der Waals surface area contributed by atoms with E-state index in [1.807, 2.05) is 55.6 Å². The number of piperidine rings is 1. The van der Waals surface area contributed by atoms with Gasteiger partial charge in [0.05, 0.1) is 17.2 Å². The van der Waals surface area contributed by atoms with Gasteiger partial charge in [-0.15, -0.1) is 11.3 Å². The zero-order valence-corrected chi connectivity index (χ0v) is 17.7. The number of nitrogens with zero attached hydrogens (tertiary/aromatic N) is 2. The van der Waals surface area contributed by atoms with Crippen molar-refractivity contribution in [2.45, 2.75) is 33.2 Å². The molecule has 1 aliphatic heterocycles. The van der Waals surface area contributed by atoms with Crippen molar-refractivity contribution in [2.75, 3.05) is 19.7 Å². The molecule has 152 valence electrons. The fourth-order valence-electron chi connectivity index (χ4n) is 3.80. The number of Topliss-reactive ketones (excluding diaryl/α,β-unsaturated/α-hetero) is 1. The van der Waals surface area contributed by atoms with E-state index in [0.29, 0.717) is 19.0 Å². The van der Waals surface area contributed by atoms with Crippen molar-refractivity contribution in [1.82, 2.24) is 9.88 Å². The summed E-state index contributed by atoms with van der Waals surface area (Å²) in [5.41, 5.74) is 1.88. The van der Waals surface area contributed by atoms with Gasteiger partial charge in [0.1, 0.15) is 11.5 Å². The van der Waals surface area contributed by atoms with Crippen LogP contribution in [0.3, 0.4) is 0 Å². The maximum Gasteiger partial charge on any atom is 0.226 e. The molecule has 0 bridgehead atoms. The Hall–Kier alpha value is -2.44. The van der Waals surface area contributed by atoms with E-state index in [-0.39, 0.29) is 11.7 Å². The van der Waals surface area contributed by atoms with Crippen molar-refractivity contribution in [3.8, 4) is 17.2 Å². The fraction of sp³-hybridized carbons (Fsp3) is 0.391. The van der Waals surface area contributed by atoms with E-state index in [0.717, 1.165) is 53.6 Å². The van der Waals surface area contributed by atoms with Gasteiger partial charge in [-0.05, 0) is 68.9 Å². The molecule has 0 amide bonds. The number of rotatable bonds is 7. The number of thiophene rings is 1. The maximum absolute atomic E-state index is 12.7. The molecule has 0 aliphatic carbocycles. The molecule has 0 saturated carbocycles. The average Bonchev–Trinajstić information content (AvgIpc) is 3.39. The third-order valence-electron chi connectivity index (χ3n) is 5.32. The van der Waals surface area contributed by atoms with E-state index >= 15 is 0 Å². The van der Waals surface area contributed by atoms with Crippen LogP contribution in [0.2, 0.25) is 0 Å². The molecular formula is C23H26N2O3S. The summed E-state index contributed by atoms with van der Waals surface area (Å²) < 4.78 is 11.4. The van der Waals surface area contributed by atoms with Crippen LogP contribution in [-0.4, -0.2) is 35.4 Å². The molecule has 1 saturated heterocycles. The predicted molar refractivity (Wildman–Crippen MR) is 114 cm³/mol. The van der Waals surface area contributed by atoms with Crippen molar-refractivity contribution in [2.24, 2.45) is 5.92 Å². The molecule has 1 aliphatic rings. The number of ether oxygens (including phenoxy) is 1. The Kier molecular flexibility index (Phi) is 6.11. The van der Waals surface area contributed by atoms with Gasteiger partial charge in [-0.2, -0.15) is 0 Å². The van der Waals surface area contributed by atoms with E-state index in [4.69, 9.17) is 14.1 Å². The minimum Gasteiger partial charge on any atom is -0.494 e. The number of aryl methyl sites for hydroxylation is 1. The third-order valence-corrected chi connectivity index (χ3v) is 6.20. The van der Waals surface area contributed by atoms with Gasteiger partial charge >= 0.3 is 0 Å². The fourth-order valence-corrected chi connectivity index (χ4v) is 4.55. The van der Waals surface area contributed by atoms with E-state index in [1.54, 1.807) is 0 Å². The minimum absolute atomic E-state index is 0.0696. The molecular weight excluding hydrogens is 384 g/mol. The second-order valence-electron chi connectivity index (χ2n) is 7.40. The Morgan fingerprint density at radius 2 is 2.14 bits per heavy atom. The van der Waals surface area contributed by atoms with Crippen LogP contribution < -0.4 is 4.74 Å². The van der Waals surface area contributed by atoms with Gasteiger partial charge in [-0.3, -0.25) is 9.69 Å². The molecule has 4 rings (SSSR count). The van der Waals surface area contributed by atoms with Gasteiger partial charge < -0.3 is 9.15 Å². The monoisotopic (exact) mass is 410 g/mol. The van der Waals surface area contributed by atoms with Gasteiger partial charge in [-0.25, -0.2) is 4.98 Å². The largest absolute Gasteiger partial charge is 0.494 e. The van der Waals surface area contributed by atoms with Gasteiger partial charge in [0.25, 0.3) is 0 Å². The number of carbonyl (C=O) groups is 1. The molecule has 5 nitrogen and oxygen atoms in total. The molecule has 0 spiro atoms. The number of hydrogen-bond donors (Lipinski definition) is 0. The number of carbonyl (C=O) groups excluding carboxylic acids is 1. The number of oxazole rings is 1. The minimum atomic E-state index is 0.0696. The number of hydrogen-bond acceptors (Lipinski definition) is 6. The lowest BCUT2D eigenvalue weighted by Crippen LogP contribution is -2.38. The van der Waals surface area contributed by atoms with Crippen LogP contribution in [0, 0.1) is 12.8 Å². The quantitative estimate of drug-likeness (QED) is 0.501. The first-order valence-corrected chi connectivity index (χ1v) is 11.0. The summed E-state index contributed by atoms with van der Waals surface area (Å²) in [6.45, 7) is 7.05. The zero-order chi connectivity index (χ0) is 20.2. The Labute approximate surface area is 175 Å². The lowest BCUT2D eigenvalue weighted by Gasteiger charge is -2.31. The molecule has 1 aromatic carbocycles. The van der Waals surface area contributed by atoms with Gasteiger partial charge in [-0.1, -0.05) is 6.07 Å². The Bertz CT molecular complexity index is 947. The summed E-state index contributed by atoms with van der Waals surface area (Å²) in [6, 6.07) is 11.7. The van der Waals surface area contributed by atoms with Crippen LogP contribution in [0.4, 0.5) is 0 Å². The summed E-state index contributed by atoms with van der Waals surface area (Å²) in [5.74, 6) is 2.65. The maximum atomic E-state index is 12.7. The summed E-state index contributed by atoms with van der Waals surface area (Å²) in [7, 11) is 0. The predicted octanol–water partition coefficient (Wildman–Crippen LogP) is 5.21. The highest BCUT2D eigenvalue weighted by atomic mass is 32.1. The Morgan fingerprint density at radius 3 is 2.86 bits per heavy atom. The topological polar surface area (TPSA) is 55.6 Å². The molecule has 1 atom stereocenters. The summed E-state index contributed by atoms with van der Waals surface area (Å²) >= 11 is 1.53. The Balaban J connectivity index is 1.43. The SMILES string of the molecule is CCOc1ccc(-c2nc(CN3CCCC(C(=O)c4cccs4)C3)c(C)o2)cc1. The number of likely N-dealkylation sites (tertiary alicyclic amines) is 1. The van der Waals surface area contributed by atoms with E-state index < -0.39 is 0 Å². The molecule has 1 unspecified atom stereocenters. The molecule has 0 N–H and O–H groups in total. The first-order valence-electron chi connectivity index (χ1n) is 10.1. The standard InChI is InChI=1S/C23H26N2O3S/c1-3-27-19-10-8-17(9-11-19)23-24-20(16(2)28-23)15-25-12-4-6-18(14-25)22(26)21-7-5-13-29-21/h5,7-11,13,18H,3-4,6,12,14-15H2,1-2H3. The van der Waals surface area contributed by atoms with Crippen LogP contribution in [0.1, 0.15) is 40.9 Å². The number of benzene rings is 1. The highest BCUT2D eigenvalue weighted by Gasteiger charge is 2.28. The first kappa shape index (κ1) is 19.9. The molecule has 0 radical (unpaired) electrons. The smallest absolute Gasteiger partial charge is 0.226 e. The van der Waals surface area contributed by atoms with Gasteiger partial charge in [0, 0.05) is 24.6 Å². The lowest BCUT2D eigenvalue weighted by atomic mass is 9.93. The molecule has 2 aromatic heterocycles. The highest BCUT2D eigenvalue weighted by molar-refractivity contribution is 7.12. The van der Waals surface area contributed by atoms with Crippen LogP contribution in [0.15, 0.2) is 46.2 Å². The van der Waals surface area contributed by atoms with Crippen LogP contribution in [0.5, 0.6) is 5.75 Å². The lowest BCUT2D eigenvalue weighted by molar-refractivity contribution is 0.0814. The molecule has 1 fully saturated rings. The van der Waals surface area contributed by atoms with Crippen molar-refractivity contribution in [3.05, 3.63) is 58.1 Å². The summed E-state index contributed by atoms with van der Waals surface area (Å²) in [6.07, 6.45) is 1.99. The second-order valence-corrected chi connectivity index (χ2v) is 8.34. The van der Waals surface area contributed by atoms with Crippen LogP contribution in [-0.2, 0) is 6.54 Å². The van der Waals surface area contributed by atoms with Crippen molar-refractivity contribution in [3.63, 3.8) is 0 Å². The molecule has 29 heavy (non-hydrogen) atoms. The molecule has 3 heterocycles. The van der Waals surface area contributed by atoms with Crippen molar-refractivity contribution >= 4 is 17.1 Å². The van der Waals surface area contributed by atoms with Crippen LogP contribution >= 0.6 is 11.3 Å². The van der Waals surface area contributed by atoms with Gasteiger partial charge in [0.2, 0.25) is 5.89 Å². The van der Waals surface area contributed by atoms with Crippen LogP contribution in [0.25, 0.3) is 11.5 Å². The van der Waals surface area contributed by atoms with E-state index in [9.17, 15) is 4.79 Å². The van der Waals surface area contributed by atoms with Crippen molar-refractivity contribution < 1.29 is 13.9 Å².